The van der Waals surface area contributed by atoms with Gasteiger partial charge in [-0.2, -0.15) is 0 Å². The lowest BCUT2D eigenvalue weighted by atomic mass is 10.2. The summed E-state index contributed by atoms with van der Waals surface area (Å²) >= 11 is 1.64. The molecule has 0 aromatic heterocycles. The van der Waals surface area contributed by atoms with Crippen LogP contribution in [-0.4, -0.2) is 10.1 Å². The molecule has 3 heteroatoms. The fourth-order valence-electron chi connectivity index (χ4n) is 1.52. The summed E-state index contributed by atoms with van der Waals surface area (Å²) in [7, 11) is 0. The van der Waals surface area contributed by atoms with Gasteiger partial charge in [0.1, 0.15) is 5.84 Å². The maximum absolute atomic E-state index is 4.40. The molecule has 20 heavy (non-hydrogen) atoms. The smallest absolute Gasteiger partial charge is 0.149 e. The zero-order valence-corrected chi connectivity index (χ0v) is 13.4. The molecule has 0 amide bonds. The zero-order chi connectivity index (χ0) is 15.0. The predicted octanol–water partition coefficient (Wildman–Crippen LogP) is 5.35. The maximum Gasteiger partial charge on any atom is 0.149 e. The lowest BCUT2D eigenvalue weighted by Gasteiger charge is -2.15. The van der Waals surface area contributed by atoms with Crippen LogP contribution in [-0.2, 0) is 0 Å². The summed E-state index contributed by atoms with van der Waals surface area (Å²) in [5, 5.41) is 0. The summed E-state index contributed by atoms with van der Waals surface area (Å²) in [6, 6.07) is 8.45. The molecule has 0 atom stereocenters. The Morgan fingerprint density at radius 3 is 2.45 bits per heavy atom. The number of hydrogen-bond acceptors (Lipinski definition) is 2. The van der Waals surface area contributed by atoms with Gasteiger partial charge in [0.15, 0.2) is 0 Å². The number of amidine groups is 1. The number of nitrogens with zero attached hydrogens (tertiary/aromatic N) is 2. The van der Waals surface area contributed by atoms with Crippen molar-refractivity contribution in [2.24, 2.45) is 4.99 Å². The van der Waals surface area contributed by atoms with E-state index in [0.717, 1.165) is 11.4 Å². The fraction of sp³-hybridized carbons (Fsp3) is 0.235. The van der Waals surface area contributed by atoms with Crippen LogP contribution >= 0.6 is 11.9 Å². The highest BCUT2D eigenvalue weighted by Gasteiger charge is 2.17. The van der Waals surface area contributed by atoms with Gasteiger partial charge in [0.25, 0.3) is 0 Å². The molecule has 1 heterocycles. The average molecular weight is 286 g/mol. The Morgan fingerprint density at radius 2 is 1.85 bits per heavy atom. The van der Waals surface area contributed by atoms with Crippen molar-refractivity contribution in [1.82, 2.24) is 4.31 Å². The standard InChI is InChI=1S/C15H16N2S.C2H6/c1-4-10-16-15-13(3)9-11-17(15)18-14-7-5-12(2)6-8-14;1-2/h4-11H,3H2,1-2H3;1-2H3/b10-4-,16-15?;. The van der Waals surface area contributed by atoms with Crippen molar-refractivity contribution < 1.29 is 0 Å². The normalized spacial score (nSPS) is 15.9. The van der Waals surface area contributed by atoms with Gasteiger partial charge in [-0.15, -0.1) is 0 Å². The van der Waals surface area contributed by atoms with Crippen LogP contribution in [0.3, 0.4) is 0 Å². The summed E-state index contributed by atoms with van der Waals surface area (Å²) in [4.78, 5) is 5.59. The van der Waals surface area contributed by atoms with E-state index in [0.29, 0.717) is 0 Å². The third-order valence-electron chi connectivity index (χ3n) is 2.48. The van der Waals surface area contributed by atoms with Gasteiger partial charge in [0.05, 0.1) is 0 Å². The Kier molecular flexibility index (Phi) is 6.88. The molecule has 0 radical (unpaired) electrons. The summed E-state index contributed by atoms with van der Waals surface area (Å²) < 4.78 is 2.03. The number of allylic oxidation sites excluding steroid dienone is 1. The van der Waals surface area contributed by atoms with Gasteiger partial charge in [-0.3, -0.25) is 4.31 Å². The van der Waals surface area contributed by atoms with Crippen LogP contribution in [0.25, 0.3) is 0 Å². The Morgan fingerprint density at radius 1 is 1.20 bits per heavy atom. The summed E-state index contributed by atoms with van der Waals surface area (Å²) in [5.74, 6) is 0.888. The Hall–Kier alpha value is -1.74. The number of rotatable bonds is 3. The minimum absolute atomic E-state index is 0.888. The fourth-order valence-corrected chi connectivity index (χ4v) is 2.37. The first-order valence-electron chi connectivity index (χ1n) is 6.81. The summed E-state index contributed by atoms with van der Waals surface area (Å²) in [6.07, 6.45) is 7.67. The molecule has 0 unspecified atom stereocenters. The molecular formula is C17H22N2S. The van der Waals surface area contributed by atoms with E-state index in [1.54, 1.807) is 18.1 Å². The second-order valence-corrected chi connectivity index (χ2v) is 5.05. The molecule has 1 aromatic carbocycles. The van der Waals surface area contributed by atoms with Crippen molar-refractivity contribution in [2.45, 2.75) is 32.6 Å². The van der Waals surface area contributed by atoms with Crippen molar-refractivity contribution in [2.75, 3.05) is 0 Å². The largest absolute Gasteiger partial charge is 0.271 e. The number of aliphatic imine (C=N–C) groups is 1. The third kappa shape index (κ3) is 4.42. The molecule has 0 aliphatic carbocycles. The van der Waals surface area contributed by atoms with Gasteiger partial charge in [0.2, 0.25) is 0 Å². The lowest BCUT2D eigenvalue weighted by Crippen LogP contribution is -2.14. The molecule has 0 spiro atoms. The molecule has 0 bridgehead atoms. The molecule has 1 aromatic rings. The first kappa shape index (κ1) is 16.3. The van der Waals surface area contributed by atoms with Crippen molar-refractivity contribution in [3.8, 4) is 0 Å². The van der Waals surface area contributed by atoms with E-state index in [1.807, 2.05) is 43.4 Å². The molecule has 2 nitrogen and oxygen atoms in total. The Bertz CT molecular complexity index is 524. The van der Waals surface area contributed by atoms with Gasteiger partial charge < -0.3 is 0 Å². The van der Waals surface area contributed by atoms with Crippen LogP contribution in [0.2, 0.25) is 0 Å². The first-order valence-corrected chi connectivity index (χ1v) is 7.58. The molecule has 106 valence electrons. The average Bonchev–Trinajstić information content (AvgIpc) is 2.82. The zero-order valence-electron chi connectivity index (χ0n) is 12.6. The minimum atomic E-state index is 0.888. The van der Waals surface area contributed by atoms with Gasteiger partial charge in [-0.05, 0) is 44.0 Å². The molecule has 0 N–H and O–H groups in total. The maximum atomic E-state index is 4.40. The highest BCUT2D eigenvalue weighted by atomic mass is 32.2. The monoisotopic (exact) mass is 286 g/mol. The van der Waals surface area contributed by atoms with Crippen molar-refractivity contribution in [3.05, 3.63) is 66.5 Å². The van der Waals surface area contributed by atoms with Crippen LogP contribution < -0.4 is 0 Å². The lowest BCUT2D eigenvalue weighted by molar-refractivity contribution is 0.948. The van der Waals surface area contributed by atoms with Crippen LogP contribution in [0, 0.1) is 6.92 Å². The van der Waals surface area contributed by atoms with Crippen molar-refractivity contribution in [3.63, 3.8) is 0 Å². The third-order valence-corrected chi connectivity index (χ3v) is 3.45. The van der Waals surface area contributed by atoms with Gasteiger partial charge in [-0.1, -0.05) is 44.2 Å². The van der Waals surface area contributed by atoms with E-state index in [2.05, 4.69) is 42.8 Å². The highest BCUT2D eigenvalue weighted by molar-refractivity contribution is 7.97. The first-order chi connectivity index (χ1) is 9.70. The molecular weight excluding hydrogens is 264 g/mol. The predicted molar refractivity (Wildman–Crippen MR) is 90.8 cm³/mol. The van der Waals surface area contributed by atoms with Crippen LogP contribution in [0.15, 0.2) is 70.9 Å². The second-order valence-electron chi connectivity index (χ2n) is 4.01. The number of aryl methyl sites for hydroxylation is 1. The van der Waals surface area contributed by atoms with Crippen molar-refractivity contribution >= 4 is 17.8 Å². The van der Waals surface area contributed by atoms with E-state index in [1.165, 1.54) is 10.5 Å². The van der Waals surface area contributed by atoms with E-state index in [9.17, 15) is 0 Å². The van der Waals surface area contributed by atoms with Crippen molar-refractivity contribution in [1.29, 1.82) is 0 Å². The van der Waals surface area contributed by atoms with Gasteiger partial charge >= 0.3 is 0 Å². The van der Waals surface area contributed by atoms with Crippen LogP contribution in [0.5, 0.6) is 0 Å². The SMILES string of the molecule is C=C1C=CN(Sc2ccc(C)cc2)C1=N/C=C\C.CC. The molecule has 0 fully saturated rings. The molecule has 0 saturated carbocycles. The van der Waals surface area contributed by atoms with Gasteiger partial charge in [-0.25, -0.2) is 4.99 Å². The highest BCUT2D eigenvalue weighted by Crippen LogP contribution is 2.29. The van der Waals surface area contributed by atoms with Crippen LogP contribution in [0.4, 0.5) is 0 Å². The van der Waals surface area contributed by atoms with E-state index in [-0.39, 0.29) is 0 Å². The molecule has 1 aliphatic rings. The number of benzene rings is 1. The molecule has 0 saturated heterocycles. The molecule has 1 aliphatic heterocycles. The summed E-state index contributed by atoms with van der Waals surface area (Å²) in [5.41, 5.74) is 2.20. The second kappa shape index (κ2) is 8.43. The Labute approximate surface area is 126 Å². The van der Waals surface area contributed by atoms with E-state index >= 15 is 0 Å². The molecule has 2 rings (SSSR count). The Balaban J connectivity index is 0.000000956. The summed E-state index contributed by atoms with van der Waals surface area (Å²) in [6.45, 7) is 12.0. The number of hydrogen-bond donors (Lipinski definition) is 0. The van der Waals surface area contributed by atoms with E-state index in [4.69, 9.17) is 0 Å². The van der Waals surface area contributed by atoms with Crippen LogP contribution in [0.1, 0.15) is 26.3 Å². The van der Waals surface area contributed by atoms with Gasteiger partial charge in [0, 0.05) is 22.9 Å². The minimum Gasteiger partial charge on any atom is -0.271 e. The quantitative estimate of drug-likeness (QED) is 0.696. The van der Waals surface area contributed by atoms with E-state index < -0.39 is 0 Å². The topological polar surface area (TPSA) is 15.6 Å².